The highest BCUT2D eigenvalue weighted by molar-refractivity contribution is 5.73. The van der Waals surface area contributed by atoms with Crippen LogP contribution in [0.4, 0.5) is 0 Å². The second-order valence-electron chi connectivity index (χ2n) is 3.29. The Balaban J connectivity index is 3.95. The molecule has 0 saturated carbocycles. The third-order valence-corrected chi connectivity index (χ3v) is 2.36. The van der Waals surface area contributed by atoms with Gasteiger partial charge < -0.3 is 5.11 Å². The molecular formula is C12H10N2O. The Labute approximate surface area is 87.8 Å². The van der Waals surface area contributed by atoms with Gasteiger partial charge in [0.1, 0.15) is 23.5 Å². The summed E-state index contributed by atoms with van der Waals surface area (Å²) in [5, 5.41) is 28.2. The molecule has 0 atom stereocenters. The van der Waals surface area contributed by atoms with Gasteiger partial charge in [-0.25, -0.2) is 0 Å². The van der Waals surface area contributed by atoms with Crippen LogP contribution in [0.15, 0.2) is 6.07 Å². The van der Waals surface area contributed by atoms with Crippen LogP contribution in [0, 0.1) is 36.5 Å². The lowest BCUT2D eigenvalue weighted by Gasteiger charge is -2.03. The maximum atomic E-state index is 9.62. The summed E-state index contributed by atoms with van der Waals surface area (Å²) in [6.45, 7) is 7.18. The molecule has 1 aromatic carbocycles. The number of rotatable bonds is 0. The first-order valence-electron chi connectivity index (χ1n) is 4.35. The summed E-state index contributed by atoms with van der Waals surface area (Å²) in [6, 6.07) is 5.24. The van der Waals surface area contributed by atoms with E-state index in [9.17, 15) is 5.11 Å². The first kappa shape index (κ1) is 10.8. The maximum Gasteiger partial charge on any atom is 0.137 e. The van der Waals surface area contributed by atoms with Crippen molar-refractivity contribution < 1.29 is 5.11 Å². The highest BCUT2D eigenvalue weighted by Gasteiger charge is 2.05. The van der Waals surface area contributed by atoms with Crippen LogP contribution in [0.5, 0.6) is 5.75 Å². The second-order valence-corrected chi connectivity index (χ2v) is 3.29. The van der Waals surface area contributed by atoms with E-state index in [1.54, 1.807) is 19.9 Å². The quantitative estimate of drug-likeness (QED) is 0.664. The molecule has 0 radical (unpaired) electrons. The Kier molecular flexibility index (Phi) is 2.78. The van der Waals surface area contributed by atoms with Gasteiger partial charge in [0.15, 0.2) is 0 Å². The SMILES string of the molecule is C=c1c(C)c(O)c(C)cc1=C(C#N)C#N. The monoisotopic (exact) mass is 198 g/mol. The summed E-state index contributed by atoms with van der Waals surface area (Å²) in [5.41, 5.74) is 1.26. The van der Waals surface area contributed by atoms with Gasteiger partial charge in [0.25, 0.3) is 0 Å². The molecule has 0 aliphatic heterocycles. The third-order valence-electron chi connectivity index (χ3n) is 2.36. The van der Waals surface area contributed by atoms with Crippen LogP contribution in [0.1, 0.15) is 11.1 Å². The van der Waals surface area contributed by atoms with Crippen molar-refractivity contribution in [3.63, 3.8) is 0 Å². The number of nitriles is 2. The van der Waals surface area contributed by atoms with E-state index in [1.165, 1.54) is 0 Å². The van der Waals surface area contributed by atoms with E-state index in [0.717, 1.165) is 0 Å². The third kappa shape index (κ3) is 1.68. The molecule has 1 N–H and O–H groups in total. The van der Waals surface area contributed by atoms with Gasteiger partial charge in [0.2, 0.25) is 0 Å². The van der Waals surface area contributed by atoms with Gasteiger partial charge in [-0.3, -0.25) is 0 Å². The molecule has 1 rings (SSSR count). The largest absolute Gasteiger partial charge is 0.507 e. The summed E-state index contributed by atoms with van der Waals surface area (Å²) >= 11 is 0. The first-order chi connectivity index (χ1) is 7.02. The average molecular weight is 198 g/mol. The zero-order valence-corrected chi connectivity index (χ0v) is 8.63. The van der Waals surface area contributed by atoms with Crippen LogP contribution >= 0.6 is 0 Å². The molecule has 0 amide bonds. The Morgan fingerprint density at radius 2 is 1.87 bits per heavy atom. The summed E-state index contributed by atoms with van der Waals surface area (Å²) in [7, 11) is 0. The van der Waals surface area contributed by atoms with E-state index in [4.69, 9.17) is 10.5 Å². The number of nitrogens with zero attached hydrogens (tertiary/aromatic N) is 2. The van der Waals surface area contributed by atoms with Crippen LogP contribution in [0.3, 0.4) is 0 Å². The Morgan fingerprint density at radius 3 is 2.33 bits per heavy atom. The second kappa shape index (κ2) is 3.86. The van der Waals surface area contributed by atoms with Crippen molar-refractivity contribution >= 4 is 12.2 Å². The lowest BCUT2D eigenvalue weighted by Crippen LogP contribution is -2.28. The van der Waals surface area contributed by atoms with Crippen molar-refractivity contribution in [3.05, 3.63) is 27.6 Å². The highest BCUT2D eigenvalue weighted by Crippen LogP contribution is 2.14. The van der Waals surface area contributed by atoms with E-state index in [0.29, 0.717) is 21.6 Å². The molecule has 0 fully saturated rings. The summed E-state index contributed by atoms with van der Waals surface area (Å²) in [6.07, 6.45) is 0. The average Bonchev–Trinajstić information content (AvgIpc) is 2.24. The maximum absolute atomic E-state index is 9.62. The Hall–Kier alpha value is -2.26. The van der Waals surface area contributed by atoms with Crippen LogP contribution in [-0.4, -0.2) is 5.11 Å². The molecule has 0 aromatic heterocycles. The first-order valence-corrected chi connectivity index (χ1v) is 4.35. The molecule has 0 heterocycles. The molecule has 0 aliphatic rings. The number of phenols is 1. The molecule has 0 saturated heterocycles. The van der Waals surface area contributed by atoms with E-state index < -0.39 is 0 Å². The van der Waals surface area contributed by atoms with Gasteiger partial charge in [-0.05, 0) is 36.3 Å². The summed E-state index contributed by atoms with van der Waals surface area (Å²) in [4.78, 5) is 0. The molecule has 74 valence electrons. The molecule has 1 aromatic rings. The van der Waals surface area contributed by atoms with Crippen LogP contribution in [-0.2, 0) is 0 Å². The minimum absolute atomic E-state index is 0.0196. The predicted octanol–water partition coefficient (Wildman–Crippen LogP) is 0.617. The van der Waals surface area contributed by atoms with Crippen molar-refractivity contribution in [2.45, 2.75) is 13.8 Å². The number of benzene rings is 1. The van der Waals surface area contributed by atoms with E-state index in [1.807, 2.05) is 12.1 Å². The molecule has 0 unspecified atom stereocenters. The number of phenolic OH excluding ortho intramolecular Hbond substituents is 1. The molecule has 3 nitrogen and oxygen atoms in total. The lowest BCUT2D eigenvalue weighted by atomic mass is 10.0. The minimum atomic E-state index is 0.0196. The van der Waals surface area contributed by atoms with Crippen molar-refractivity contribution in [3.8, 4) is 17.9 Å². The van der Waals surface area contributed by atoms with Gasteiger partial charge in [-0.2, -0.15) is 10.5 Å². The zero-order valence-electron chi connectivity index (χ0n) is 8.63. The number of aromatic hydroxyl groups is 1. The zero-order chi connectivity index (χ0) is 11.6. The van der Waals surface area contributed by atoms with E-state index in [2.05, 4.69) is 6.58 Å². The van der Waals surface area contributed by atoms with Crippen molar-refractivity contribution in [1.29, 1.82) is 10.5 Å². The van der Waals surface area contributed by atoms with Crippen molar-refractivity contribution in [1.82, 2.24) is 0 Å². The van der Waals surface area contributed by atoms with Crippen LogP contribution < -0.4 is 10.4 Å². The smallest absolute Gasteiger partial charge is 0.137 e. The normalized spacial score (nSPS) is 9.07. The van der Waals surface area contributed by atoms with Gasteiger partial charge in [-0.1, -0.05) is 6.58 Å². The Bertz CT molecular complexity index is 584. The van der Waals surface area contributed by atoms with Crippen LogP contribution in [0.2, 0.25) is 0 Å². The van der Waals surface area contributed by atoms with E-state index >= 15 is 0 Å². The minimum Gasteiger partial charge on any atom is -0.507 e. The van der Waals surface area contributed by atoms with Gasteiger partial charge >= 0.3 is 0 Å². The lowest BCUT2D eigenvalue weighted by molar-refractivity contribution is 0.466. The highest BCUT2D eigenvalue weighted by atomic mass is 16.3. The standard InChI is InChI=1S/C12H10N2O/c1-7-4-11(10(5-13)6-14)8(2)9(3)12(7)15/h4,15H,2H2,1,3H3. The number of aryl methyl sites for hydroxylation is 1. The summed E-state index contributed by atoms with van der Waals surface area (Å²) < 4.78 is 0. The molecule has 0 bridgehead atoms. The molecule has 0 spiro atoms. The van der Waals surface area contributed by atoms with E-state index in [-0.39, 0.29) is 11.3 Å². The topological polar surface area (TPSA) is 67.8 Å². The molecule has 0 aliphatic carbocycles. The van der Waals surface area contributed by atoms with Crippen LogP contribution in [0.25, 0.3) is 12.2 Å². The fraction of sp³-hybridized carbons (Fsp3) is 0.167. The fourth-order valence-corrected chi connectivity index (χ4v) is 1.38. The molecular weight excluding hydrogens is 188 g/mol. The fourth-order valence-electron chi connectivity index (χ4n) is 1.38. The van der Waals surface area contributed by atoms with Gasteiger partial charge in [0.05, 0.1) is 0 Å². The van der Waals surface area contributed by atoms with Crippen molar-refractivity contribution in [2.24, 2.45) is 0 Å². The predicted molar refractivity (Wildman–Crippen MR) is 57.0 cm³/mol. The van der Waals surface area contributed by atoms with Gasteiger partial charge in [-0.15, -0.1) is 0 Å². The molecule has 15 heavy (non-hydrogen) atoms. The Morgan fingerprint density at radius 1 is 1.33 bits per heavy atom. The van der Waals surface area contributed by atoms with Gasteiger partial charge in [0, 0.05) is 5.22 Å². The van der Waals surface area contributed by atoms with Crippen molar-refractivity contribution in [2.75, 3.05) is 0 Å². The number of hydrogen-bond donors (Lipinski definition) is 1. The summed E-state index contributed by atoms with van der Waals surface area (Å²) in [5.74, 6) is 0.166. The molecule has 3 heteroatoms. The number of hydrogen-bond acceptors (Lipinski definition) is 3.